The molecule has 0 fully saturated rings. The van der Waals surface area contributed by atoms with Gasteiger partial charge in [0.1, 0.15) is 5.82 Å². The summed E-state index contributed by atoms with van der Waals surface area (Å²) in [5.74, 6) is 1.87. The van der Waals surface area contributed by atoms with Crippen molar-refractivity contribution < 1.29 is 9.47 Å². The fourth-order valence-corrected chi connectivity index (χ4v) is 1.73. The molecule has 1 aromatic heterocycles. The van der Waals surface area contributed by atoms with Crippen LogP contribution in [0.5, 0.6) is 11.5 Å². The van der Waals surface area contributed by atoms with Gasteiger partial charge in [0, 0.05) is 11.8 Å². The molecule has 0 radical (unpaired) electrons. The van der Waals surface area contributed by atoms with E-state index < -0.39 is 0 Å². The molecule has 0 amide bonds. The van der Waals surface area contributed by atoms with E-state index in [2.05, 4.69) is 4.98 Å². The molecule has 0 atom stereocenters. The molecular formula is C13H14N2O2. The fraction of sp³-hybridized carbons (Fsp3) is 0.154. The zero-order valence-electron chi connectivity index (χ0n) is 9.81. The SMILES string of the molecule is COc1cccc(-c2ccnc(N)c2)c1OC. The normalized spacial score (nSPS) is 10.0. The van der Waals surface area contributed by atoms with Gasteiger partial charge in [-0.15, -0.1) is 0 Å². The van der Waals surface area contributed by atoms with Gasteiger partial charge in [0.05, 0.1) is 14.2 Å². The number of ether oxygens (including phenoxy) is 2. The molecule has 17 heavy (non-hydrogen) atoms. The lowest BCUT2D eigenvalue weighted by atomic mass is 10.1. The van der Waals surface area contributed by atoms with Crippen molar-refractivity contribution in [1.29, 1.82) is 0 Å². The summed E-state index contributed by atoms with van der Waals surface area (Å²) in [6.45, 7) is 0. The molecular weight excluding hydrogens is 216 g/mol. The molecule has 0 saturated carbocycles. The largest absolute Gasteiger partial charge is 0.493 e. The van der Waals surface area contributed by atoms with Crippen molar-refractivity contribution in [2.45, 2.75) is 0 Å². The highest BCUT2D eigenvalue weighted by molar-refractivity contribution is 5.74. The van der Waals surface area contributed by atoms with Gasteiger partial charge in [-0.05, 0) is 23.8 Å². The molecule has 0 saturated heterocycles. The van der Waals surface area contributed by atoms with E-state index in [0.717, 1.165) is 11.1 Å². The van der Waals surface area contributed by atoms with Gasteiger partial charge in [-0.25, -0.2) is 4.98 Å². The number of anilines is 1. The molecule has 2 aromatic rings. The molecule has 0 unspecified atom stereocenters. The van der Waals surface area contributed by atoms with Crippen molar-refractivity contribution in [3.05, 3.63) is 36.5 Å². The Hall–Kier alpha value is -2.23. The summed E-state index contributed by atoms with van der Waals surface area (Å²) in [6, 6.07) is 9.40. The minimum Gasteiger partial charge on any atom is -0.493 e. The highest BCUT2D eigenvalue weighted by Gasteiger charge is 2.11. The second-order valence-corrected chi connectivity index (χ2v) is 3.51. The maximum absolute atomic E-state index is 5.67. The van der Waals surface area contributed by atoms with Crippen molar-refractivity contribution in [2.75, 3.05) is 20.0 Å². The Morgan fingerprint density at radius 2 is 1.94 bits per heavy atom. The second kappa shape index (κ2) is 4.74. The van der Waals surface area contributed by atoms with E-state index in [9.17, 15) is 0 Å². The third kappa shape index (κ3) is 2.15. The molecule has 0 spiro atoms. The predicted octanol–water partition coefficient (Wildman–Crippen LogP) is 2.35. The second-order valence-electron chi connectivity index (χ2n) is 3.51. The van der Waals surface area contributed by atoms with Crippen LogP contribution in [-0.2, 0) is 0 Å². The van der Waals surface area contributed by atoms with Crippen LogP contribution in [0.2, 0.25) is 0 Å². The van der Waals surface area contributed by atoms with Crippen LogP contribution in [0.15, 0.2) is 36.5 Å². The van der Waals surface area contributed by atoms with Crippen molar-refractivity contribution in [3.8, 4) is 22.6 Å². The first-order valence-corrected chi connectivity index (χ1v) is 5.19. The number of rotatable bonds is 3. The van der Waals surface area contributed by atoms with Crippen LogP contribution in [0.25, 0.3) is 11.1 Å². The van der Waals surface area contributed by atoms with Gasteiger partial charge in [0.15, 0.2) is 11.5 Å². The highest BCUT2D eigenvalue weighted by Crippen LogP contribution is 2.37. The maximum Gasteiger partial charge on any atom is 0.168 e. The molecule has 1 heterocycles. The van der Waals surface area contributed by atoms with E-state index in [-0.39, 0.29) is 0 Å². The van der Waals surface area contributed by atoms with Crippen molar-refractivity contribution in [3.63, 3.8) is 0 Å². The van der Waals surface area contributed by atoms with Crippen molar-refractivity contribution in [2.24, 2.45) is 0 Å². The van der Waals surface area contributed by atoms with Crippen LogP contribution in [0, 0.1) is 0 Å². The summed E-state index contributed by atoms with van der Waals surface area (Å²) in [5.41, 5.74) is 7.56. The smallest absolute Gasteiger partial charge is 0.168 e. The number of benzene rings is 1. The van der Waals surface area contributed by atoms with E-state index in [4.69, 9.17) is 15.2 Å². The monoisotopic (exact) mass is 230 g/mol. The van der Waals surface area contributed by atoms with Crippen molar-refractivity contribution >= 4 is 5.82 Å². The molecule has 1 aromatic carbocycles. The minimum absolute atomic E-state index is 0.479. The van der Waals surface area contributed by atoms with Crippen LogP contribution in [-0.4, -0.2) is 19.2 Å². The first-order valence-electron chi connectivity index (χ1n) is 5.19. The fourth-order valence-electron chi connectivity index (χ4n) is 1.73. The Labute approximate surface area is 100 Å². The summed E-state index contributed by atoms with van der Waals surface area (Å²) in [6.07, 6.45) is 1.67. The number of nitrogens with zero attached hydrogens (tertiary/aromatic N) is 1. The first kappa shape index (κ1) is 11.3. The predicted molar refractivity (Wildman–Crippen MR) is 67.2 cm³/mol. The van der Waals surface area contributed by atoms with Gasteiger partial charge in [0.2, 0.25) is 0 Å². The maximum atomic E-state index is 5.67. The van der Waals surface area contributed by atoms with E-state index in [1.54, 1.807) is 26.5 Å². The molecule has 0 aliphatic carbocycles. The zero-order valence-corrected chi connectivity index (χ0v) is 9.81. The molecule has 4 heteroatoms. The Morgan fingerprint density at radius 1 is 1.12 bits per heavy atom. The molecule has 2 N–H and O–H groups in total. The Kier molecular flexibility index (Phi) is 3.14. The number of pyridine rings is 1. The Bertz CT molecular complexity index is 527. The number of para-hydroxylation sites is 1. The summed E-state index contributed by atoms with van der Waals surface area (Å²) in [7, 11) is 3.23. The summed E-state index contributed by atoms with van der Waals surface area (Å²) in [4.78, 5) is 3.97. The molecule has 2 rings (SSSR count). The van der Waals surface area contributed by atoms with Crippen LogP contribution in [0.3, 0.4) is 0 Å². The number of aromatic nitrogens is 1. The average Bonchev–Trinajstić information content (AvgIpc) is 2.37. The summed E-state index contributed by atoms with van der Waals surface area (Å²) in [5, 5.41) is 0. The third-order valence-electron chi connectivity index (χ3n) is 2.50. The van der Waals surface area contributed by atoms with Gasteiger partial charge >= 0.3 is 0 Å². The Balaban J connectivity index is 2.59. The lowest BCUT2D eigenvalue weighted by Gasteiger charge is -2.12. The lowest BCUT2D eigenvalue weighted by molar-refractivity contribution is 0.356. The van der Waals surface area contributed by atoms with Crippen molar-refractivity contribution in [1.82, 2.24) is 4.98 Å². The van der Waals surface area contributed by atoms with Crippen LogP contribution in [0.4, 0.5) is 5.82 Å². The standard InChI is InChI=1S/C13H14N2O2/c1-16-11-5-3-4-10(13(11)17-2)9-6-7-15-12(14)8-9/h3-8H,1-2H3,(H2,14,15). The van der Waals surface area contributed by atoms with Crippen LogP contribution < -0.4 is 15.2 Å². The zero-order chi connectivity index (χ0) is 12.3. The molecule has 0 aliphatic rings. The third-order valence-corrected chi connectivity index (χ3v) is 2.50. The summed E-state index contributed by atoms with van der Waals surface area (Å²) >= 11 is 0. The highest BCUT2D eigenvalue weighted by atomic mass is 16.5. The van der Waals surface area contributed by atoms with Gasteiger partial charge in [0.25, 0.3) is 0 Å². The van der Waals surface area contributed by atoms with E-state index in [0.29, 0.717) is 17.3 Å². The number of hydrogen-bond donors (Lipinski definition) is 1. The quantitative estimate of drug-likeness (QED) is 0.879. The molecule has 0 bridgehead atoms. The number of hydrogen-bond acceptors (Lipinski definition) is 4. The van der Waals surface area contributed by atoms with Gasteiger partial charge < -0.3 is 15.2 Å². The van der Waals surface area contributed by atoms with Crippen LogP contribution in [0.1, 0.15) is 0 Å². The molecule has 88 valence electrons. The van der Waals surface area contributed by atoms with Crippen LogP contribution >= 0.6 is 0 Å². The Morgan fingerprint density at radius 3 is 2.59 bits per heavy atom. The van der Waals surface area contributed by atoms with E-state index >= 15 is 0 Å². The topological polar surface area (TPSA) is 57.4 Å². The van der Waals surface area contributed by atoms with E-state index in [1.165, 1.54) is 0 Å². The van der Waals surface area contributed by atoms with E-state index in [1.807, 2.05) is 24.3 Å². The first-order chi connectivity index (χ1) is 8.26. The minimum atomic E-state index is 0.479. The van der Waals surface area contributed by atoms with Gasteiger partial charge in [-0.1, -0.05) is 12.1 Å². The lowest BCUT2D eigenvalue weighted by Crippen LogP contribution is -1.94. The van der Waals surface area contributed by atoms with Gasteiger partial charge in [-0.3, -0.25) is 0 Å². The average molecular weight is 230 g/mol. The number of nitrogens with two attached hydrogens (primary N) is 1. The molecule has 0 aliphatic heterocycles. The molecule has 4 nitrogen and oxygen atoms in total. The number of methoxy groups -OCH3 is 2. The number of nitrogen functional groups attached to an aromatic ring is 1. The summed E-state index contributed by atoms with van der Waals surface area (Å²) < 4.78 is 10.6. The van der Waals surface area contributed by atoms with Gasteiger partial charge in [-0.2, -0.15) is 0 Å².